The second-order valence-corrected chi connectivity index (χ2v) is 5.45. The highest BCUT2D eigenvalue weighted by Crippen LogP contribution is 2.43. The predicted octanol–water partition coefficient (Wildman–Crippen LogP) is 1.46. The van der Waals surface area contributed by atoms with Crippen LogP contribution in [0.2, 0.25) is 0 Å². The van der Waals surface area contributed by atoms with E-state index in [1.807, 2.05) is 4.90 Å². The molecule has 2 aliphatic carbocycles. The molecule has 3 fully saturated rings. The SMILES string of the molecule is N#CC1(C(=O)N2CCOC3CCCC32)CCC1. The molecular formula is C13H18N2O2. The van der Waals surface area contributed by atoms with E-state index >= 15 is 0 Å². The lowest BCUT2D eigenvalue weighted by Crippen LogP contribution is -2.57. The van der Waals surface area contributed by atoms with Crippen molar-refractivity contribution in [3.63, 3.8) is 0 Å². The Labute approximate surface area is 102 Å². The molecule has 1 aliphatic heterocycles. The van der Waals surface area contributed by atoms with Crippen molar-refractivity contribution in [2.24, 2.45) is 5.41 Å². The lowest BCUT2D eigenvalue weighted by Gasteiger charge is -2.44. The van der Waals surface area contributed by atoms with Crippen LogP contribution in [0.4, 0.5) is 0 Å². The molecule has 0 aromatic heterocycles. The minimum atomic E-state index is -0.690. The van der Waals surface area contributed by atoms with Gasteiger partial charge in [0.1, 0.15) is 5.41 Å². The number of nitriles is 1. The molecule has 3 aliphatic rings. The summed E-state index contributed by atoms with van der Waals surface area (Å²) in [6.45, 7) is 1.30. The number of morpholine rings is 1. The van der Waals surface area contributed by atoms with Crippen molar-refractivity contribution in [2.45, 2.75) is 50.7 Å². The van der Waals surface area contributed by atoms with Crippen molar-refractivity contribution in [1.29, 1.82) is 5.26 Å². The van der Waals surface area contributed by atoms with Crippen LogP contribution in [0, 0.1) is 16.7 Å². The second-order valence-electron chi connectivity index (χ2n) is 5.45. The molecule has 0 radical (unpaired) electrons. The fourth-order valence-electron chi connectivity index (χ4n) is 3.36. The molecule has 0 aromatic rings. The van der Waals surface area contributed by atoms with Gasteiger partial charge in [-0.05, 0) is 38.5 Å². The van der Waals surface area contributed by atoms with Gasteiger partial charge in [0.05, 0.1) is 24.8 Å². The number of hydrogen-bond donors (Lipinski definition) is 0. The molecule has 2 saturated carbocycles. The summed E-state index contributed by atoms with van der Waals surface area (Å²) in [5, 5.41) is 9.25. The molecule has 17 heavy (non-hydrogen) atoms. The van der Waals surface area contributed by atoms with E-state index < -0.39 is 5.41 Å². The van der Waals surface area contributed by atoms with Crippen LogP contribution in [0.15, 0.2) is 0 Å². The molecule has 0 N–H and O–H groups in total. The Balaban J connectivity index is 1.79. The Morgan fingerprint density at radius 2 is 2.18 bits per heavy atom. The van der Waals surface area contributed by atoms with Gasteiger partial charge in [0.15, 0.2) is 0 Å². The summed E-state index contributed by atoms with van der Waals surface area (Å²) < 4.78 is 5.70. The number of fused-ring (bicyclic) bond motifs is 1. The zero-order valence-corrected chi connectivity index (χ0v) is 10.0. The van der Waals surface area contributed by atoms with Gasteiger partial charge in [-0.2, -0.15) is 5.26 Å². The lowest BCUT2D eigenvalue weighted by molar-refractivity contribution is -0.155. The number of amides is 1. The Morgan fingerprint density at radius 1 is 1.35 bits per heavy atom. The largest absolute Gasteiger partial charge is 0.374 e. The van der Waals surface area contributed by atoms with Gasteiger partial charge in [0.2, 0.25) is 5.91 Å². The van der Waals surface area contributed by atoms with Crippen LogP contribution < -0.4 is 0 Å². The summed E-state index contributed by atoms with van der Waals surface area (Å²) in [4.78, 5) is 14.5. The fourth-order valence-corrected chi connectivity index (χ4v) is 3.36. The Morgan fingerprint density at radius 3 is 2.82 bits per heavy atom. The van der Waals surface area contributed by atoms with E-state index in [9.17, 15) is 10.1 Å². The van der Waals surface area contributed by atoms with Crippen molar-refractivity contribution < 1.29 is 9.53 Å². The minimum absolute atomic E-state index is 0.0754. The zero-order chi connectivity index (χ0) is 11.9. The van der Waals surface area contributed by atoms with Crippen LogP contribution in [-0.4, -0.2) is 36.1 Å². The van der Waals surface area contributed by atoms with E-state index in [1.54, 1.807) is 0 Å². The van der Waals surface area contributed by atoms with Crippen molar-refractivity contribution in [3.8, 4) is 6.07 Å². The zero-order valence-electron chi connectivity index (χ0n) is 10.0. The molecule has 0 spiro atoms. The maximum Gasteiger partial charge on any atom is 0.243 e. The third-order valence-corrected chi connectivity index (χ3v) is 4.57. The van der Waals surface area contributed by atoms with E-state index in [-0.39, 0.29) is 18.1 Å². The molecule has 3 rings (SSSR count). The minimum Gasteiger partial charge on any atom is -0.374 e. The summed E-state index contributed by atoms with van der Waals surface area (Å²) in [7, 11) is 0. The van der Waals surface area contributed by atoms with Crippen LogP contribution in [-0.2, 0) is 9.53 Å². The quantitative estimate of drug-likeness (QED) is 0.690. The average Bonchev–Trinajstić information content (AvgIpc) is 2.75. The van der Waals surface area contributed by atoms with Gasteiger partial charge in [-0.25, -0.2) is 0 Å². The number of hydrogen-bond acceptors (Lipinski definition) is 3. The average molecular weight is 234 g/mol. The molecule has 0 aromatic carbocycles. The van der Waals surface area contributed by atoms with E-state index in [4.69, 9.17) is 4.74 Å². The van der Waals surface area contributed by atoms with E-state index in [0.717, 1.165) is 38.5 Å². The highest BCUT2D eigenvalue weighted by atomic mass is 16.5. The van der Waals surface area contributed by atoms with Crippen molar-refractivity contribution in [1.82, 2.24) is 4.90 Å². The van der Waals surface area contributed by atoms with Crippen LogP contribution >= 0.6 is 0 Å². The van der Waals surface area contributed by atoms with Gasteiger partial charge >= 0.3 is 0 Å². The van der Waals surface area contributed by atoms with Crippen molar-refractivity contribution in [2.75, 3.05) is 13.2 Å². The number of ether oxygens (including phenoxy) is 1. The molecule has 2 unspecified atom stereocenters. The fraction of sp³-hybridized carbons (Fsp3) is 0.846. The number of rotatable bonds is 1. The summed E-state index contributed by atoms with van der Waals surface area (Å²) in [6.07, 6.45) is 5.97. The molecule has 1 amide bonds. The first-order valence-electron chi connectivity index (χ1n) is 6.61. The molecular weight excluding hydrogens is 216 g/mol. The maximum atomic E-state index is 12.5. The van der Waals surface area contributed by atoms with E-state index in [1.165, 1.54) is 0 Å². The highest BCUT2D eigenvalue weighted by molar-refractivity contribution is 5.86. The molecule has 2 atom stereocenters. The van der Waals surface area contributed by atoms with Gasteiger partial charge in [0, 0.05) is 6.54 Å². The standard InChI is InChI=1S/C13H18N2O2/c14-9-13(5-2-6-13)12(16)15-7-8-17-11-4-1-3-10(11)15/h10-11H,1-8H2. The van der Waals surface area contributed by atoms with E-state index in [0.29, 0.717) is 13.2 Å². The van der Waals surface area contributed by atoms with Crippen LogP contribution in [0.5, 0.6) is 0 Å². The molecule has 92 valence electrons. The summed E-state index contributed by atoms with van der Waals surface area (Å²) in [5.41, 5.74) is -0.690. The molecule has 1 saturated heterocycles. The second kappa shape index (κ2) is 3.99. The Hall–Kier alpha value is -1.08. The number of carbonyl (C=O) groups excluding carboxylic acids is 1. The van der Waals surface area contributed by atoms with Gasteiger partial charge in [-0.15, -0.1) is 0 Å². The topological polar surface area (TPSA) is 53.3 Å². The molecule has 4 nitrogen and oxygen atoms in total. The van der Waals surface area contributed by atoms with Crippen LogP contribution in [0.3, 0.4) is 0 Å². The smallest absolute Gasteiger partial charge is 0.243 e. The third-order valence-electron chi connectivity index (χ3n) is 4.57. The van der Waals surface area contributed by atoms with Crippen LogP contribution in [0.1, 0.15) is 38.5 Å². The van der Waals surface area contributed by atoms with Gasteiger partial charge in [-0.3, -0.25) is 4.79 Å². The summed E-state index contributed by atoms with van der Waals surface area (Å²) in [5.74, 6) is 0.0754. The van der Waals surface area contributed by atoms with E-state index in [2.05, 4.69) is 6.07 Å². The van der Waals surface area contributed by atoms with Gasteiger partial charge in [-0.1, -0.05) is 0 Å². The Kier molecular flexibility index (Phi) is 2.59. The molecule has 4 heteroatoms. The summed E-state index contributed by atoms with van der Waals surface area (Å²) >= 11 is 0. The maximum absolute atomic E-state index is 12.5. The van der Waals surface area contributed by atoms with Gasteiger partial charge in [0.25, 0.3) is 0 Å². The predicted molar refractivity (Wildman–Crippen MR) is 61.0 cm³/mol. The van der Waals surface area contributed by atoms with Gasteiger partial charge < -0.3 is 9.64 Å². The third kappa shape index (κ3) is 1.56. The number of nitrogens with zero attached hydrogens (tertiary/aromatic N) is 2. The first-order valence-corrected chi connectivity index (χ1v) is 6.61. The lowest BCUT2D eigenvalue weighted by atomic mass is 9.68. The first-order chi connectivity index (χ1) is 8.27. The Bertz CT molecular complexity index is 370. The summed E-state index contributed by atoms with van der Waals surface area (Å²) in [6, 6.07) is 2.50. The monoisotopic (exact) mass is 234 g/mol. The molecule has 1 heterocycles. The number of carbonyl (C=O) groups is 1. The highest BCUT2D eigenvalue weighted by Gasteiger charge is 2.50. The van der Waals surface area contributed by atoms with Crippen molar-refractivity contribution >= 4 is 5.91 Å². The molecule has 0 bridgehead atoms. The normalized spacial score (nSPS) is 34.6. The van der Waals surface area contributed by atoms with Crippen molar-refractivity contribution in [3.05, 3.63) is 0 Å². The first kappa shape index (κ1) is 11.0. The van der Waals surface area contributed by atoms with Crippen LogP contribution in [0.25, 0.3) is 0 Å².